The molecule has 1 fully saturated rings. The highest BCUT2D eigenvalue weighted by atomic mass is 19.1. The molecule has 1 aliphatic rings. The van der Waals surface area contributed by atoms with Crippen molar-refractivity contribution in [3.05, 3.63) is 29.6 Å². The van der Waals surface area contributed by atoms with Gasteiger partial charge in [-0.3, -0.25) is 4.79 Å². The number of nitrogens with one attached hydrogen (secondary N) is 2. The zero-order valence-corrected chi connectivity index (χ0v) is 11.5. The molecule has 1 aromatic carbocycles. The fraction of sp³-hybridized carbons (Fsp3) is 0.357. The second-order valence-electron chi connectivity index (χ2n) is 4.64. The molecule has 21 heavy (non-hydrogen) atoms. The van der Waals surface area contributed by atoms with E-state index in [-0.39, 0.29) is 17.2 Å². The highest BCUT2D eigenvalue weighted by Gasteiger charge is 2.31. The first-order chi connectivity index (χ1) is 10.1. The van der Waals surface area contributed by atoms with Gasteiger partial charge in [-0.15, -0.1) is 0 Å². The number of nitriles is 1. The molecule has 0 spiro atoms. The number of anilines is 1. The van der Waals surface area contributed by atoms with Gasteiger partial charge in [0.1, 0.15) is 17.9 Å². The maximum Gasteiger partial charge on any atom is 0.322 e. The van der Waals surface area contributed by atoms with Crippen molar-refractivity contribution in [1.82, 2.24) is 10.2 Å². The molecule has 1 aromatic rings. The highest BCUT2D eigenvalue weighted by molar-refractivity contribution is 5.95. The smallest absolute Gasteiger partial charge is 0.322 e. The molecule has 0 aliphatic carbocycles. The van der Waals surface area contributed by atoms with Crippen molar-refractivity contribution in [3.8, 4) is 6.07 Å². The predicted molar refractivity (Wildman–Crippen MR) is 73.9 cm³/mol. The summed E-state index contributed by atoms with van der Waals surface area (Å²) in [5.74, 6) is -0.744. The van der Waals surface area contributed by atoms with Crippen LogP contribution in [0.3, 0.4) is 0 Å². The number of piperazine rings is 1. The van der Waals surface area contributed by atoms with Gasteiger partial charge >= 0.3 is 6.03 Å². The molecule has 2 rings (SSSR count). The average Bonchev–Trinajstić information content (AvgIpc) is 2.48. The maximum absolute atomic E-state index is 13.1. The summed E-state index contributed by atoms with van der Waals surface area (Å²) in [6, 6.07) is 4.36. The average molecular weight is 290 g/mol. The van der Waals surface area contributed by atoms with Gasteiger partial charge in [0, 0.05) is 13.1 Å². The second kappa shape index (κ2) is 6.22. The van der Waals surface area contributed by atoms with Gasteiger partial charge in [-0.1, -0.05) is 6.92 Å². The molecule has 3 amide bonds. The van der Waals surface area contributed by atoms with E-state index in [1.807, 2.05) is 13.0 Å². The van der Waals surface area contributed by atoms with Gasteiger partial charge in [0.2, 0.25) is 5.91 Å². The van der Waals surface area contributed by atoms with Gasteiger partial charge < -0.3 is 15.5 Å². The van der Waals surface area contributed by atoms with Crippen molar-refractivity contribution < 1.29 is 14.0 Å². The molecule has 1 atom stereocenters. The monoisotopic (exact) mass is 290 g/mol. The Morgan fingerprint density at radius 1 is 1.62 bits per heavy atom. The quantitative estimate of drug-likeness (QED) is 0.864. The minimum atomic E-state index is -0.548. The molecule has 7 heteroatoms. The Kier molecular flexibility index (Phi) is 4.38. The Morgan fingerprint density at radius 2 is 2.38 bits per heavy atom. The summed E-state index contributed by atoms with van der Waals surface area (Å²) < 4.78 is 13.1. The standard InChI is InChI=1S/C14H15FN4O2/c1-2-12-13(20)17-5-6-19(12)14(21)18-11-4-3-10(15)7-9(11)8-16/h3-4,7,12H,2,5-6H2,1H3,(H,17,20)(H,18,21)/t12-/m0/s1. The van der Waals surface area contributed by atoms with E-state index in [9.17, 15) is 14.0 Å². The van der Waals surface area contributed by atoms with Crippen LogP contribution >= 0.6 is 0 Å². The lowest BCUT2D eigenvalue weighted by Crippen LogP contribution is -2.57. The third-order valence-electron chi connectivity index (χ3n) is 3.32. The van der Waals surface area contributed by atoms with Gasteiger partial charge in [-0.05, 0) is 24.6 Å². The van der Waals surface area contributed by atoms with E-state index in [0.29, 0.717) is 19.5 Å². The van der Waals surface area contributed by atoms with E-state index in [2.05, 4.69) is 10.6 Å². The molecule has 0 radical (unpaired) electrons. The summed E-state index contributed by atoms with van der Waals surface area (Å²) in [5.41, 5.74) is 0.266. The van der Waals surface area contributed by atoms with Crippen molar-refractivity contribution in [2.24, 2.45) is 0 Å². The number of hydrogen-bond acceptors (Lipinski definition) is 3. The topological polar surface area (TPSA) is 85.2 Å². The molecule has 0 saturated carbocycles. The Morgan fingerprint density at radius 3 is 3.05 bits per heavy atom. The van der Waals surface area contributed by atoms with Crippen molar-refractivity contribution in [1.29, 1.82) is 5.26 Å². The van der Waals surface area contributed by atoms with E-state index in [4.69, 9.17) is 5.26 Å². The lowest BCUT2D eigenvalue weighted by atomic mass is 10.1. The number of carbonyl (C=O) groups is 2. The predicted octanol–water partition coefficient (Wildman–Crippen LogP) is 1.44. The van der Waals surface area contributed by atoms with Crippen LogP contribution in [0.25, 0.3) is 0 Å². The van der Waals surface area contributed by atoms with Crippen LogP contribution in [0.1, 0.15) is 18.9 Å². The first-order valence-corrected chi connectivity index (χ1v) is 6.61. The third kappa shape index (κ3) is 3.11. The molecular formula is C14H15FN4O2. The van der Waals surface area contributed by atoms with Crippen LogP contribution in [-0.4, -0.2) is 36.0 Å². The lowest BCUT2D eigenvalue weighted by molar-refractivity contribution is -0.127. The van der Waals surface area contributed by atoms with Crippen LogP contribution < -0.4 is 10.6 Å². The summed E-state index contributed by atoms with van der Waals surface area (Å²) in [4.78, 5) is 25.4. The number of amides is 3. The van der Waals surface area contributed by atoms with Crippen LogP contribution in [-0.2, 0) is 4.79 Å². The minimum absolute atomic E-state index is 0.0397. The summed E-state index contributed by atoms with van der Waals surface area (Å²) in [6.45, 7) is 2.59. The number of halogens is 1. The molecule has 0 unspecified atom stereocenters. The van der Waals surface area contributed by atoms with E-state index >= 15 is 0 Å². The molecule has 0 aromatic heterocycles. The zero-order valence-electron chi connectivity index (χ0n) is 11.5. The number of nitrogens with zero attached hydrogens (tertiary/aromatic N) is 2. The van der Waals surface area contributed by atoms with Crippen LogP contribution in [0.4, 0.5) is 14.9 Å². The minimum Gasteiger partial charge on any atom is -0.353 e. The number of carbonyl (C=O) groups excluding carboxylic acids is 2. The van der Waals surface area contributed by atoms with Gasteiger partial charge in [-0.25, -0.2) is 9.18 Å². The molecule has 6 nitrogen and oxygen atoms in total. The van der Waals surface area contributed by atoms with E-state index < -0.39 is 17.9 Å². The normalized spacial score (nSPS) is 17.9. The SMILES string of the molecule is CC[C@H]1C(=O)NCCN1C(=O)Nc1ccc(F)cc1C#N. The van der Waals surface area contributed by atoms with Gasteiger partial charge in [0.25, 0.3) is 0 Å². The number of hydrogen-bond donors (Lipinski definition) is 2. The first-order valence-electron chi connectivity index (χ1n) is 6.61. The fourth-order valence-corrected chi connectivity index (χ4v) is 2.27. The van der Waals surface area contributed by atoms with Crippen molar-refractivity contribution in [2.75, 3.05) is 18.4 Å². The van der Waals surface area contributed by atoms with Gasteiger partial charge in [-0.2, -0.15) is 5.26 Å². The number of rotatable bonds is 2. The Balaban J connectivity index is 2.18. The molecule has 1 aliphatic heterocycles. The zero-order chi connectivity index (χ0) is 15.4. The first kappa shape index (κ1) is 14.8. The maximum atomic E-state index is 13.1. The van der Waals surface area contributed by atoms with Crippen molar-refractivity contribution >= 4 is 17.6 Å². The largest absolute Gasteiger partial charge is 0.353 e. The summed E-state index contributed by atoms with van der Waals surface area (Å²) in [7, 11) is 0. The summed E-state index contributed by atoms with van der Waals surface area (Å²) in [5, 5.41) is 14.2. The highest BCUT2D eigenvalue weighted by Crippen LogP contribution is 2.18. The molecule has 0 bridgehead atoms. The number of urea groups is 1. The summed E-state index contributed by atoms with van der Waals surface area (Å²) in [6.07, 6.45) is 0.494. The molecule has 2 N–H and O–H groups in total. The van der Waals surface area contributed by atoms with Crippen LogP contribution in [0.2, 0.25) is 0 Å². The van der Waals surface area contributed by atoms with E-state index in [1.54, 1.807) is 0 Å². The fourth-order valence-electron chi connectivity index (χ4n) is 2.27. The van der Waals surface area contributed by atoms with E-state index in [0.717, 1.165) is 12.1 Å². The Labute approximate surface area is 121 Å². The Bertz CT molecular complexity index is 611. The van der Waals surface area contributed by atoms with Gasteiger partial charge in [0.05, 0.1) is 11.3 Å². The lowest BCUT2D eigenvalue weighted by Gasteiger charge is -2.34. The Hall–Kier alpha value is -2.62. The molecule has 110 valence electrons. The van der Waals surface area contributed by atoms with Gasteiger partial charge in [0.15, 0.2) is 0 Å². The van der Waals surface area contributed by atoms with Crippen LogP contribution in [0.5, 0.6) is 0 Å². The molecule has 1 heterocycles. The van der Waals surface area contributed by atoms with Crippen LogP contribution in [0.15, 0.2) is 18.2 Å². The van der Waals surface area contributed by atoms with Crippen molar-refractivity contribution in [2.45, 2.75) is 19.4 Å². The van der Waals surface area contributed by atoms with E-state index in [1.165, 1.54) is 11.0 Å². The third-order valence-corrected chi connectivity index (χ3v) is 3.32. The number of benzene rings is 1. The molecular weight excluding hydrogens is 275 g/mol. The second-order valence-corrected chi connectivity index (χ2v) is 4.64. The van der Waals surface area contributed by atoms with Crippen LogP contribution in [0, 0.1) is 17.1 Å². The summed E-state index contributed by atoms with van der Waals surface area (Å²) >= 11 is 0. The molecule has 1 saturated heterocycles. The van der Waals surface area contributed by atoms with Crippen molar-refractivity contribution in [3.63, 3.8) is 0 Å².